The Morgan fingerprint density at radius 3 is 2.65 bits per heavy atom. The van der Waals surface area contributed by atoms with Crippen molar-refractivity contribution >= 4 is 33.4 Å². The zero-order valence-corrected chi connectivity index (χ0v) is 13.2. The van der Waals surface area contributed by atoms with Gasteiger partial charge in [0.05, 0.1) is 11.8 Å². The quantitative estimate of drug-likeness (QED) is 0.716. The van der Waals surface area contributed by atoms with Crippen molar-refractivity contribution in [2.45, 2.75) is 32.8 Å². The van der Waals surface area contributed by atoms with Crippen molar-refractivity contribution in [2.75, 3.05) is 11.9 Å². The molecule has 2 amide bonds. The number of nitrogens with one attached hydrogen (secondary N) is 2. The molecular formula is C14H19BrN2O3. The smallest absolute Gasteiger partial charge is 0.313 e. The van der Waals surface area contributed by atoms with Gasteiger partial charge in [0, 0.05) is 11.0 Å². The second-order valence-corrected chi connectivity index (χ2v) is 5.44. The molecule has 0 aliphatic carbocycles. The van der Waals surface area contributed by atoms with Gasteiger partial charge in [-0.15, -0.1) is 0 Å². The van der Waals surface area contributed by atoms with Crippen molar-refractivity contribution in [1.82, 2.24) is 5.32 Å². The number of carbonyl (C=O) groups is 2. The van der Waals surface area contributed by atoms with Gasteiger partial charge < -0.3 is 15.7 Å². The molecule has 0 radical (unpaired) electrons. The molecule has 3 N–H and O–H groups in total. The molecule has 0 heterocycles. The van der Waals surface area contributed by atoms with E-state index in [2.05, 4.69) is 26.6 Å². The molecule has 0 aliphatic rings. The second kappa shape index (κ2) is 8.01. The fraction of sp³-hybridized carbons (Fsp3) is 0.429. The van der Waals surface area contributed by atoms with Gasteiger partial charge in [0.15, 0.2) is 0 Å². The molecule has 5 nitrogen and oxygen atoms in total. The Labute approximate surface area is 126 Å². The molecule has 1 aromatic rings. The van der Waals surface area contributed by atoms with Crippen LogP contribution < -0.4 is 10.6 Å². The summed E-state index contributed by atoms with van der Waals surface area (Å²) < 4.78 is 0.713. The molecular weight excluding hydrogens is 324 g/mol. The fourth-order valence-corrected chi connectivity index (χ4v) is 2.22. The van der Waals surface area contributed by atoms with E-state index in [0.717, 1.165) is 12.0 Å². The monoisotopic (exact) mass is 342 g/mol. The fourth-order valence-electron chi connectivity index (χ4n) is 1.63. The Kier molecular flexibility index (Phi) is 6.67. The van der Waals surface area contributed by atoms with Gasteiger partial charge in [-0.05, 0) is 47.0 Å². The zero-order chi connectivity index (χ0) is 15.1. The van der Waals surface area contributed by atoms with Crippen LogP contribution in [0.25, 0.3) is 0 Å². The molecule has 0 saturated heterocycles. The minimum Gasteiger partial charge on any atom is -0.391 e. The molecule has 1 unspecified atom stereocenters. The van der Waals surface area contributed by atoms with Crippen LogP contribution in [0, 0.1) is 6.92 Å². The van der Waals surface area contributed by atoms with Crippen molar-refractivity contribution < 1.29 is 14.7 Å². The second-order valence-electron chi connectivity index (χ2n) is 4.59. The van der Waals surface area contributed by atoms with E-state index in [4.69, 9.17) is 0 Å². The normalized spacial score (nSPS) is 11.8. The Bertz CT molecular complexity index is 491. The van der Waals surface area contributed by atoms with E-state index in [-0.39, 0.29) is 6.54 Å². The van der Waals surface area contributed by atoms with Gasteiger partial charge in [-0.3, -0.25) is 9.59 Å². The van der Waals surface area contributed by atoms with Crippen LogP contribution in [0.15, 0.2) is 22.7 Å². The number of aliphatic hydroxyl groups is 1. The van der Waals surface area contributed by atoms with E-state index in [1.54, 1.807) is 6.07 Å². The Balaban J connectivity index is 2.51. The maximum Gasteiger partial charge on any atom is 0.313 e. The van der Waals surface area contributed by atoms with Crippen molar-refractivity contribution in [3.63, 3.8) is 0 Å². The van der Waals surface area contributed by atoms with Crippen LogP contribution >= 0.6 is 15.9 Å². The summed E-state index contributed by atoms with van der Waals surface area (Å²) in [6.07, 6.45) is 0.785. The first kappa shape index (κ1) is 16.7. The first-order valence-corrected chi connectivity index (χ1v) is 7.26. The van der Waals surface area contributed by atoms with E-state index in [0.29, 0.717) is 16.6 Å². The van der Waals surface area contributed by atoms with Crippen LogP contribution in [0.3, 0.4) is 0 Å². The zero-order valence-electron chi connectivity index (χ0n) is 11.6. The van der Waals surface area contributed by atoms with E-state index in [1.165, 1.54) is 0 Å². The first-order chi connectivity index (χ1) is 9.43. The summed E-state index contributed by atoms with van der Waals surface area (Å²) in [4.78, 5) is 23.3. The molecule has 1 atom stereocenters. The Morgan fingerprint density at radius 1 is 1.35 bits per heavy atom. The minimum atomic E-state index is -0.757. The predicted molar refractivity (Wildman–Crippen MR) is 81.4 cm³/mol. The van der Waals surface area contributed by atoms with E-state index in [1.807, 2.05) is 26.0 Å². The highest BCUT2D eigenvalue weighted by molar-refractivity contribution is 9.10. The lowest BCUT2D eigenvalue weighted by molar-refractivity contribution is -0.136. The van der Waals surface area contributed by atoms with E-state index < -0.39 is 17.9 Å². The maximum absolute atomic E-state index is 11.7. The number of rotatable bonds is 5. The van der Waals surface area contributed by atoms with Gasteiger partial charge in [0.1, 0.15) is 0 Å². The number of benzene rings is 1. The molecule has 0 aromatic heterocycles. The molecule has 0 saturated carbocycles. The van der Waals surface area contributed by atoms with Crippen LogP contribution in [0.1, 0.15) is 25.3 Å². The average Bonchev–Trinajstić information content (AvgIpc) is 2.39. The molecule has 20 heavy (non-hydrogen) atoms. The summed E-state index contributed by atoms with van der Waals surface area (Å²) in [6, 6.07) is 5.40. The SMILES string of the molecule is CCCC(O)CNC(=O)C(=O)Nc1ccc(C)cc1Br. The van der Waals surface area contributed by atoms with E-state index >= 15 is 0 Å². The van der Waals surface area contributed by atoms with Gasteiger partial charge >= 0.3 is 11.8 Å². The van der Waals surface area contributed by atoms with E-state index in [9.17, 15) is 14.7 Å². The number of anilines is 1. The first-order valence-electron chi connectivity index (χ1n) is 6.47. The topological polar surface area (TPSA) is 78.4 Å². The molecule has 1 aromatic carbocycles. The predicted octanol–water partition coefficient (Wildman–Crippen LogP) is 1.97. The standard InChI is InChI=1S/C14H19BrN2O3/c1-3-4-10(18)8-16-13(19)14(20)17-12-6-5-9(2)7-11(12)15/h5-7,10,18H,3-4,8H2,1-2H3,(H,16,19)(H,17,20). The average molecular weight is 343 g/mol. The highest BCUT2D eigenvalue weighted by Crippen LogP contribution is 2.23. The van der Waals surface area contributed by atoms with Crippen molar-refractivity contribution in [2.24, 2.45) is 0 Å². The summed E-state index contributed by atoms with van der Waals surface area (Å²) >= 11 is 3.32. The number of amides is 2. The number of aryl methyl sites for hydroxylation is 1. The third-order valence-corrected chi connectivity index (χ3v) is 3.36. The number of hydrogen-bond donors (Lipinski definition) is 3. The van der Waals surface area contributed by atoms with Gasteiger partial charge in [-0.25, -0.2) is 0 Å². The van der Waals surface area contributed by atoms with Gasteiger partial charge in [0.2, 0.25) is 0 Å². The van der Waals surface area contributed by atoms with Gasteiger partial charge in [-0.1, -0.05) is 19.4 Å². The molecule has 6 heteroatoms. The molecule has 0 spiro atoms. The molecule has 1 rings (SSSR count). The maximum atomic E-state index is 11.7. The van der Waals surface area contributed by atoms with Crippen LogP contribution in [0.5, 0.6) is 0 Å². The van der Waals surface area contributed by atoms with Crippen LogP contribution in [0.4, 0.5) is 5.69 Å². The van der Waals surface area contributed by atoms with Crippen LogP contribution in [-0.2, 0) is 9.59 Å². The van der Waals surface area contributed by atoms with Crippen LogP contribution in [0.2, 0.25) is 0 Å². The van der Waals surface area contributed by atoms with Crippen molar-refractivity contribution in [3.05, 3.63) is 28.2 Å². The third-order valence-electron chi connectivity index (χ3n) is 2.70. The third kappa shape index (κ3) is 5.30. The van der Waals surface area contributed by atoms with Gasteiger partial charge in [0.25, 0.3) is 0 Å². The summed E-state index contributed by atoms with van der Waals surface area (Å²) in [5.74, 6) is -1.51. The summed E-state index contributed by atoms with van der Waals surface area (Å²) in [5.41, 5.74) is 1.58. The summed E-state index contributed by atoms with van der Waals surface area (Å²) in [6.45, 7) is 3.94. The van der Waals surface area contributed by atoms with Crippen LogP contribution in [-0.4, -0.2) is 29.6 Å². The Morgan fingerprint density at radius 2 is 2.05 bits per heavy atom. The molecule has 110 valence electrons. The van der Waals surface area contributed by atoms with Crippen molar-refractivity contribution in [3.8, 4) is 0 Å². The Hall–Kier alpha value is -1.40. The lowest BCUT2D eigenvalue weighted by Gasteiger charge is -2.11. The highest BCUT2D eigenvalue weighted by Gasteiger charge is 2.15. The number of halogens is 1. The lowest BCUT2D eigenvalue weighted by atomic mass is 10.2. The number of hydrogen-bond acceptors (Lipinski definition) is 3. The number of aliphatic hydroxyl groups excluding tert-OH is 1. The number of carbonyl (C=O) groups excluding carboxylic acids is 2. The largest absolute Gasteiger partial charge is 0.391 e. The van der Waals surface area contributed by atoms with Gasteiger partial charge in [-0.2, -0.15) is 0 Å². The molecule has 0 fully saturated rings. The highest BCUT2D eigenvalue weighted by atomic mass is 79.9. The summed E-state index contributed by atoms with van der Waals surface area (Å²) in [5, 5.41) is 14.4. The van der Waals surface area contributed by atoms with Crippen molar-refractivity contribution in [1.29, 1.82) is 0 Å². The summed E-state index contributed by atoms with van der Waals surface area (Å²) in [7, 11) is 0. The molecule has 0 aliphatic heterocycles. The lowest BCUT2D eigenvalue weighted by Crippen LogP contribution is -2.39. The molecule has 0 bridgehead atoms. The minimum absolute atomic E-state index is 0.0785.